The first kappa shape index (κ1) is 11.1. The maximum atomic E-state index is 12.2. The Morgan fingerprint density at radius 2 is 1.75 bits per heavy atom. The molecule has 0 radical (unpaired) electrons. The molecule has 1 N–H and O–H groups in total. The number of hydrogen-bond donors (Lipinski definition) is 1. The summed E-state index contributed by atoms with van der Waals surface area (Å²) in [4.78, 5) is 14.1. The summed E-state index contributed by atoms with van der Waals surface area (Å²) in [6.07, 6.45) is 0. The van der Waals surface area contributed by atoms with Gasteiger partial charge in [-0.3, -0.25) is 4.79 Å². The summed E-state index contributed by atoms with van der Waals surface area (Å²) in [7, 11) is 0. The third-order valence-corrected chi connectivity index (χ3v) is 2.87. The normalized spacial score (nSPS) is 25.5. The number of hydrogen-bond acceptors (Lipinski definition) is 2. The predicted molar refractivity (Wildman–Crippen MR) is 64.4 cm³/mol. The second kappa shape index (κ2) is 4.66. The number of carbonyl (C=O) groups is 1. The smallest absolute Gasteiger partial charge is 0.253 e. The number of amides is 1. The van der Waals surface area contributed by atoms with Crippen molar-refractivity contribution >= 4 is 5.91 Å². The van der Waals surface area contributed by atoms with Crippen LogP contribution in [0.5, 0.6) is 0 Å². The Kier molecular flexibility index (Phi) is 3.25. The van der Waals surface area contributed by atoms with E-state index in [2.05, 4.69) is 19.2 Å². The molecule has 0 aromatic heterocycles. The lowest BCUT2D eigenvalue weighted by Gasteiger charge is -2.36. The Labute approximate surface area is 96.5 Å². The van der Waals surface area contributed by atoms with Crippen molar-refractivity contribution in [1.29, 1.82) is 0 Å². The summed E-state index contributed by atoms with van der Waals surface area (Å²) >= 11 is 0. The minimum Gasteiger partial charge on any atom is -0.336 e. The standard InChI is InChI=1S/C13H18N2O/c1-10-8-15(9-11(2)14-10)13(16)12-6-4-3-5-7-12/h3-7,10-11,14H,8-9H2,1-2H3. The molecule has 1 aliphatic rings. The van der Waals surface area contributed by atoms with Crippen molar-refractivity contribution in [3.8, 4) is 0 Å². The number of rotatable bonds is 1. The lowest BCUT2D eigenvalue weighted by molar-refractivity contribution is 0.0674. The van der Waals surface area contributed by atoms with E-state index in [0.29, 0.717) is 12.1 Å². The highest BCUT2D eigenvalue weighted by Crippen LogP contribution is 2.09. The van der Waals surface area contributed by atoms with Crippen molar-refractivity contribution < 1.29 is 4.79 Å². The Morgan fingerprint density at radius 3 is 2.31 bits per heavy atom. The second-order valence-corrected chi connectivity index (χ2v) is 4.54. The topological polar surface area (TPSA) is 32.3 Å². The summed E-state index contributed by atoms with van der Waals surface area (Å²) in [5, 5.41) is 3.42. The van der Waals surface area contributed by atoms with Crippen LogP contribution in [0.1, 0.15) is 24.2 Å². The van der Waals surface area contributed by atoms with Crippen LogP contribution in [0.3, 0.4) is 0 Å². The Balaban J connectivity index is 2.10. The fourth-order valence-corrected chi connectivity index (χ4v) is 2.26. The summed E-state index contributed by atoms with van der Waals surface area (Å²) in [6.45, 7) is 5.80. The average Bonchev–Trinajstić information content (AvgIpc) is 2.28. The molecule has 1 aromatic rings. The zero-order valence-corrected chi connectivity index (χ0v) is 9.81. The Hall–Kier alpha value is -1.35. The molecular weight excluding hydrogens is 200 g/mol. The van der Waals surface area contributed by atoms with Crippen molar-refractivity contribution in [2.24, 2.45) is 0 Å². The molecule has 0 aliphatic carbocycles. The SMILES string of the molecule is CC1CN(C(=O)c2ccccc2)CC(C)N1. The zero-order chi connectivity index (χ0) is 11.5. The molecule has 16 heavy (non-hydrogen) atoms. The first-order valence-corrected chi connectivity index (χ1v) is 5.77. The molecule has 3 nitrogen and oxygen atoms in total. The van der Waals surface area contributed by atoms with Crippen LogP contribution in [0, 0.1) is 0 Å². The van der Waals surface area contributed by atoms with Gasteiger partial charge >= 0.3 is 0 Å². The predicted octanol–water partition coefficient (Wildman–Crippen LogP) is 1.51. The lowest BCUT2D eigenvalue weighted by Crippen LogP contribution is -2.55. The van der Waals surface area contributed by atoms with Gasteiger partial charge in [-0.25, -0.2) is 0 Å². The van der Waals surface area contributed by atoms with Gasteiger partial charge in [-0.05, 0) is 26.0 Å². The molecule has 1 aromatic carbocycles. The van der Waals surface area contributed by atoms with Gasteiger partial charge < -0.3 is 10.2 Å². The van der Waals surface area contributed by atoms with E-state index >= 15 is 0 Å². The van der Waals surface area contributed by atoms with Gasteiger partial charge in [0.15, 0.2) is 0 Å². The highest BCUT2D eigenvalue weighted by Gasteiger charge is 2.25. The van der Waals surface area contributed by atoms with Crippen LogP contribution in [0.25, 0.3) is 0 Å². The molecule has 1 fully saturated rings. The molecule has 1 aliphatic heterocycles. The molecule has 2 unspecified atom stereocenters. The zero-order valence-electron chi connectivity index (χ0n) is 9.81. The Morgan fingerprint density at radius 1 is 1.19 bits per heavy atom. The van der Waals surface area contributed by atoms with Crippen LogP contribution in [0.4, 0.5) is 0 Å². The molecule has 3 heteroatoms. The van der Waals surface area contributed by atoms with Gasteiger partial charge in [0.25, 0.3) is 5.91 Å². The highest BCUT2D eigenvalue weighted by atomic mass is 16.2. The summed E-state index contributed by atoms with van der Waals surface area (Å²) in [6, 6.07) is 10.2. The van der Waals surface area contributed by atoms with E-state index in [1.807, 2.05) is 35.2 Å². The van der Waals surface area contributed by atoms with E-state index in [1.165, 1.54) is 0 Å². The van der Waals surface area contributed by atoms with Crippen LogP contribution in [-0.4, -0.2) is 36.0 Å². The van der Waals surface area contributed by atoms with Gasteiger partial charge in [0, 0.05) is 30.7 Å². The molecule has 0 bridgehead atoms. The van der Waals surface area contributed by atoms with E-state index < -0.39 is 0 Å². The molecule has 1 saturated heterocycles. The molecule has 86 valence electrons. The van der Waals surface area contributed by atoms with Gasteiger partial charge in [-0.1, -0.05) is 18.2 Å². The minimum absolute atomic E-state index is 0.140. The molecule has 0 spiro atoms. The van der Waals surface area contributed by atoms with Gasteiger partial charge in [-0.15, -0.1) is 0 Å². The van der Waals surface area contributed by atoms with Crippen LogP contribution in [0.2, 0.25) is 0 Å². The third kappa shape index (κ3) is 2.42. The van der Waals surface area contributed by atoms with Gasteiger partial charge in [0.05, 0.1) is 0 Å². The Bertz CT molecular complexity index is 353. The number of nitrogens with zero attached hydrogens (tertiary/aromatic N) is 1. The monoisotopic (exact) mass is 218 g/mol. The van der Waals surface area contributed by atoms with Crippen LogP contribution in [-0.2, 0) is 0 Å². The van der Waals surface area contributed by atoms with Crippen molar-refractivity contribution in [2.45, 2.75) is 25.9 Å². The molecule has 2 atom stereocenters. The van der Waals surface area contributed by atoms with Crippen LogP contribution >= 0.6 is 0 Å². The molecule has 2 rings (SSSR count). The largest absolute Gasteiger partial charge is 0.336 e. The van der Waals surface area contributed by atoms with Crippen molar-refractivity contribution in [1.82, 2.24) is 10.2 Å². The summed E-state index contributed by atoms with van der Waals surface area (Å²) in [5.74, 6) is 0.140. The van der Waals surface area contributed by atoms with Crippen molar-refractivity contribution in [2.75, 3.05) is 13.1 Å². The van der Waals surface area contributed by atoms with Gasteiger partial charge in [-0.2, -0.15) is 0 Å². The molecule has 0 saturated carbocycles. The summed E-state index contributed by atoms with van der Waals surface area (Å²) < 4.78 is 0. The van der Waals surface area contributed by atoms with E-state index in [0.717, 1.165) is 18.7 Å². The number of carbonyl (C=O) groups excluding carboxylic acids is 1. The number of benzene rings is 1. The molecular formula is C13H18N2O. The average molecular weight is 218 g/mol. The fraction of sp³-hybridized carbons (Fsp3) is 0.462. The summed E-state index contributed by atoms with van der Waals surface area (Å²) in [5.41, 5.74) is 0.781. The first-order valence-electron chi connectivity index (χ1n) is 5.77. The van der Waals surface area contributed by atoms with E-state index in [4.69, 9.17) is 0 Å². The van der Waals surface area contributed by atoms with Crippen molar-refractivity contribution in [3.05, 3.63) is 35.9 Å². The van der Waals surface area contributed by atoms with E-state index in [1.54, 1.807) is 0 Å². The molecule has 1 amide bonds. The third-order valence-electron chi connectivity index (χ3n) is 2.87. The quantitative estimate of drug-likeness (QED) is 0.775. The van der Waals surface area contributed by atoms with Crippen LogP contribution < -0.4 is 5.32 Å². The highest BCUT2D eigenvalue weighted by molar-refractivity contribution is 5.94. The van der Waals surface area contributed by atoms with E-state index in [-0.39, 0.29) is 5.91 Å². The maximum Gasteiger partial charge on any atom is 0.253 e. The van der Waals surface area contributed by atoms with Gasteiger partial charge in [0.1, 0.15) is 0 Å². The van der Waals surface area contributed by atoms with E-state index in [9.17, 15) is 4.79 Å². The van der Waals surface area contributed by atoms with Crippen LogP contribution in [0.15, 0.2) is 30.3 Å². The molecule has 1 heterocycles. The lowest BCUT2D eigenvalue weighted by atomic mass is 10.1. The van der Waals surface area contributed by atoms with Gasteiger partial charge in [0.2, 0.25) is 0 Å². The number of piperazine rings is 1. The second-order valence-electron chi connectivity index (χ2n) is 4.54. The van der Waals surface area contributed by atoms with Crippen molar-refractivity contribution in [3.63, 3.8) is 0 Å². The fourth-order valence-electron chi connectivity index (χ4n) is 2.26. The number of nitrogens with one attached hydrogen (secondary N) is 1. The first-order chi connectivity index (χ1) is 7.66. The maximum absolute atomic E-state index is 12.2. The minimum atomic E-state index is 0.140.